The van der Waals surface area contributed by atoms with Gasteiger partial charge >= 0.3 is 5.97 Å². The zero-order valence-electron chi connectivity index (χ0n) is 5.89. The van der Waals surface area contributed by atoms with Gasteiger partial charge in [-0.2, -0.15) is 0 Å². The Labute approximate surface area is 55.5 Å². The van der Waals surface area contributed by atoms with Gasteiger partial charge in [0.2, 0.25) is 0 Å². The van der Waals surface area contributed by atoms with Gasteiger partial charge in [0.1, 0.15) is 0 Å². The topological polar surface area (TPSA) is 26.3 Å². The summed E-state index contributed by atoms with van der Waals surface area (Å²) in [4.78, 5) is 10.5. The summed E-state index contributed by atoms with van der Waals surface area (Å²) in [6.07, 6.45) is 4.00. The fourth-order valence-electron chi connectivity index (χ4n) is 0.434. The van der Waals surface area contributed by atoms with Crippen molar-refractivity contribution in [2.75, 3.05) is 6.61 Å². The molecule has 0 aromatic rings. The van der Waals surface area contributed by atoms with Crippen molar-refractivity contribution >= 4 is 5.97 Å². The van der Waals surface area contributed by atoms with E-state index in [9.17, 15) is 4.79 Å². The second kappa shape index (κ2) is 5.35. The first-order valence-corrected chi connectivity index (χ1v) is 3.08. The van der Waals surface area contributed by atoms with Crippen LogP contribution in [0.15, 0.2) is 12.2 Å². The molecule has 0 amide bonds. The van der Waals surface area contributed by atoms with Gasteiger partial charge in [0.15, 0.2) is 0 Å². The van der Waals surface area contributed by atoms with Crippen LogP contribution in [0.25, 0.3) is 0 Å². The molecule has 0 bridgehead atoms. The Kier molecular flexibility index (Phi) is 4.88. The Morgan fingerprint density at radius 1 is 1.67 bits per heavy atom. The van der Waals surface area contributed by atoms with Crippen LogP contribution in [-0.4, -0.2) is 12.6 Å². The summed E-state index contributed by atoms with van der Waals surface area (Å²) in [6, 6.07) is 0. The number of hydrogen-bond acceptors (Lipinski definition) is 2. The van der Waals surface area contributed by atoms with Gasteiger partial charge in [-0.1, -0.05) is 12.2 Å². The first kappa shape index (κ1) is 8.21. The molecule has 0 aromatic heterocycles. The minimum atomic E-state index is -0.157. The monoisotopic (exact) mass is 128 g/mol. The second-order valence-corrected chi connectivity index (χ2v) is 1.58. The second-order valence-electron chi connectivity index (χ2n) is 1.58. The summed E-state index contributed by atoms with van der Waals surface area (Å²) >= 11 is 0. The van der Waals surface area contributed by atoms with E-state index in [1.165, 1.54) is 0 Å². The maximum Gasteiger partial charge on any atom is 0.309 e. The number of esters is 1. The standard InChI is InChI=1S/C7H12O2/c1-3-5-6-7(8)9-4-2/h3,5H,4,6H2,1-2H3/b5-3-. The van der Waals surface area contributed by atoms with Crippen LogP contribution in [0.5, 0.6) is 0 Å². The minimum Gasteiger partial charge on any atom is -0.466 e. The lowest BCUT2D eigenvalue weighted by atomic mass is 10.4. The minimum absolute atomic E-state index is 0.157. The smallest absolute Gasteiger partial charge is 0.309 e. The van der Waals surface area contributed by atoms with Crippen molar-refractivity contribution in [1.82, 2.24) is 0 Å². The molecule has 0 saturated heterocycles. The molecule has 0 N–H and O–H groups in total. The molecule has 0 aliphatic rings. The molecule has 0 aromatic carbocycles. The van der Waals surface area contributed by atoms with Crippen LogP contribution in [0.3, 0.4) is 0 Å². The number of ether oxygens (including phenoxy) is 1. The zero-order valence-corrected chi connectivity index (χ0v) is 5.89. The molecule has 0 saturated carbocycles. The Bertz CT molecular complexity index is 105. The molecule has 0 spiro atoms. The zero-order chi connectivity index (χ0) is 7.11. The molecule has 9 heavy (non-hydrogen) atoms. The fraction of sp³-hybridized carbons (Fsp3) is 0.571. The van der Waals surface area contributed by atoms with Gasteiger partial charge < -0.3 is 4.74 Å². The van der Waals surface area contributed by atoms with Gasteiger partial charge in [-0.25, -0.2) is 0 Å². The van der Waals surface area contributed by atoms with Gasteiger partial charge in [0.25, 0.3) is 0 Å². The summed E-state index contributed by atoms with van der Waals surface area (Å²) in [7, 11) is 0. The average molecular weight is 128 g/mol. The molecule has 0 unspecified atom stereocenters. The molecule has 2 nitrogen and oxygen atoms in total. The molecule has 0 fully saturated rings. The number of carbonyl (C=O) groups excluding carboxylic acids is 1. The first-order chi connectivity index (χ1) is 4.31. The molecule has 0 aliphatic carbocycles. The number of allylic oxidation sites excluding steroid dienone is 1. The van der Waals surface area contributed by atoms with Crippen molar-refractivity contribution in [3.8, 4) is 0 Å². The average Bonchev–Trinajstić information content (AvgIpc) is 1.85. The van der Waals surface area contributed by atoms with E-state index in [1.807, 2.05) is 13.0 Å². The van der Waals surface area contributed by atoms with Gasteiger partial charge in [-0.3, -0.25) is 4.79 Å². The first-order valence-electron chi connectivity index (χ1n) is 3.08. The normalized spacial score (nSPS) is 10.0. The van der Waals surface area contributed by atoms with Crippen molar-refractivity contribution in [3.05, 3.63) is 12.2 Å². The molecule has 0 aliphatic heterocycles. The van der Waals surface area contributed by atoms with Crippen LogP contribution in [-0.2, 0) is 9.53 Å². The quantitative estimate of drug-likeness (QED) is 0.425. The van der Waals surface area contributed by atoms with Gasteiger partial charge in [0.05, 0.1) is 13.0 Å². The maximum atomic E-state index is 10.5. The number of carbonyl (C=O) groups is 1. The van der Waals surface area contributed by atoms with E-state index in [1.54, 1.807) is 13.0 Å². The van der Waals surface area contributed by atoms with E-state index in [0.717, 1.165) is 0 Å². The van der Waals surface area contributed by atoms with Crippen LogP contribution < -0.4 is 0 Å². The van der Waals surface area contributed by atoms with E-state index in [0.29, 0.717) is 13.0 Å². The third kappa shape index (κ3) is 5.07. The predicted octanol–water partition coefficient (Wildman–Crippen LogP) is 1.52. The van der Waals surface area contributed by atoms with Crippen molar-refractivity contribution in [3.63, 3.8) is 0 Å². The number of hydrogen-bond donors (Lipinski definition) is 0. The molecule has 52 valence electrons. The molecular formula is C7H12O2. The summed E-state index contributed by atoms with van der Waals surface area (Å²) in [5, 5.41) is 0. The van der Waals surface area contributed by atoms with E-state index in [4.69, 9.17) is 0 Å². The lowest BCUT2D eigenvalue weighted by Gasteiger charge is -1.95. The fourth-order valence-corrected chi connectivity index (χ4v) is 0.434. The van der Waals surface area contributed by atoms with Crippen molar-refractivity contribution in [2.45, 2.75) is 20.3 Å². The molecule has 0 atom stereocenters. The summed E-state index contributed by atoms with van der Waals surface area (Å²) in [5.74, 6) is -0.157. The molecule has 0 heterocycles. The van der Waals surface area contributed by atoms with E-state index < -0.39 is 0 Å². The summed E-state index contributed by atoms with van der Waals surface area (Å²) < 4.78 is 4.65. The maximum absolute atomic E-state index is 10.5. The Hall–Kier alpha value is -0.790. The highest BCUT2D eigenvalue weighted by atomic mass is 16.5. The van der Waals surface area contributed by atoms with E-state index in [-0.39, 0.29) is 5.97 Å². The summed E-state index contributed by atoms with van der Waals surface area (Å²) in [6.45, 7) is 4.14. The van der Waals surface area contributed by atoms with Crippen LogP contribution >= 0.6 is 0 Å². The molecular weight excluding hydrogens is 116 g/mol. The molecule has 2 heteroatoms. The highest BCUT2D eigenvalue weighted by Gasteiger charge is 1.94. The van der Waals surface area contributed by atoms with Crippen molar-refractivity contribution in [1.29, 1.82) is 0 Å². The SMILES string of the molecule is C/C=C\CC(=O)OCC. The summed E-state index contributed by atoms with van der Waals surface area (Å²) in [5.41, 5.74) is 0. The highest BCUT2D eigenvalue weighted by Crippen LogP contribution is 1.86. The largest absolute Gasteiger partial charge is 0.466 e. The van der Waals surface area contributed by atoms with Gasteiger partial charge in [0, 0.05) is 0 Å². The predicted molar refractivity (Wildman–Crippen MR) is 36.1 cm³/mol. The van der Waals surface area contributed by atoms with E-state index >= 15 is 0 Å². The van der Waals surface area contributed by atoms with Crippen LogP contribution in [0.1, 0.15) is 20.3 Å². The van der Waals surface area contributed by atoms with Crippen LogP contribution in [0.4, 0.5) is 0 Å². The van der Waals surface area contributed by atoms with Gasteiger partial charge in [-0.05, 0) is 13.8 Å². The molecule has 0 rings (SSSR count). The van der Waals surface area contributed by atoms with Crippen molar-refractivity contribution < 1.29 is 9.53 Å². The van der Waals surface area contributed by atoms with Gasteiger partial charge in [-0.15, -0.1) is 0 Å². The molecule has 0 radical (unpaired) electrons. The Balaban J connectivity index is 3.27. The van der Waals surface area contributed by atoms with Crippen LogP contribution in [0.2, 0.25) is 0 Å². The third-order valence-electron chi connectivity index (χ3n) is 0.826. The Morgan fingerprint density at radius 3 is 2.78 bits per heavy atom. The lowest BCUT2D eigenvalue weighted by Crippen LogP contribution is -2.01. The van der Waals surface area contributed by atoms with Crippen molar-refractivity contribution in [2.24, 2.45) is 0 Å². The van der Waals surface area contributed by atoms with E-state index in [2.05, 4.69) is 4.74 Å². The Morgan fingerprint density at radius 2 is 2.33 bits per heavy atom. The third-order valence-corrected chi connectivity index (χ3v) is 0.826. The van der Waals surface area contributed by atoms with Crippen LogP contribution in [0, 0.1) is 0 Å². The number of rotatable bonds is 3. The lowest BCUT2D eigenvalue weighted by molar-refractivity contribution is -0.142. The highest BCUT2D eigenvalue weighted by molar-refractivity contribution is 5.70.